The summed E-state index contributed by atoms with van der Waals surface area (Å²) in [4.78, 5) is 0. The predicted octanol–water partition coefficient (Wildman–Crippen LogP) is 2.12. The third kappa shape index (κ3) is 2.16. The highest BCUT2D eigenvalue weighted by Crippen LogP contribution is 2.25. The Morgan fingerprint density at radius 3 is 2.78 bits per heavy atom. The molecule has 3 rings (SSSR count). The number of nitrogens with one attached hydrogen (secondary N) is 1. The van der Waals surface area contributed by atoms with Crippen LogP contribution in [0, 0.1) is 0 Å². The van der Waals surface area contributed by atoms with E-state index in [4.69, 9.17) is 0 Å². The van der Waals surface area contributed by atoms with Gasteiger partial charge in [-0.2, -0.15) is 0 Å². The summed E-state index contributed by atoms with van der Waals surface area (Å²) in [5.74, 6) is 0.511. The van der Waals surface area contributed by atoms with Gasteiger partial charge in [-0.3, -0.25) is 0 Å². The van der Waals surface area contributed by atoms with Crippen LogP contribution in [-0.4, -0.2) is 27.6 Å². The Hall–Kier alpha value is -1.68. The number of para-hydroxylation sites is 1. The number of hydrogen-bond acceptors (Lipinski definition) is 3. The van der Waals surface area contributed by atoms with Crippen LogP contribution in [0.5, 0.6) is 0 Å². The number of benzene rings is 1. The molecule has 0 bridgehead atoms. The van der Waals surface area contributed by atoms with Crippen molar-refractivity contribution < 1.29 is 0 Å². The molecule has 4 nitrogen and oxygen atoms in total. The van der Waals surface area contributed by atoms with Crippen molar-refractivity contribution in [2.24, 2.45) is 0 Å². The Bertz CT molecular complexity index is 498. The molecule has 2 heterocycles. The molecular formula is C14H18N4. The van der Waals surface area contributed by atoms with Crippen molar-refractivity contribution >= 4 is 0 Å². The zero-order valence-corrected chi connectivity index (χ0v) is 10.6. The molecule has 0 spiro atoms. The molecule has 0 saturated carbocycles. The maximum atomic E-state index is 4.22. The van der Waals surface area contributed by atoms with Crippen LogP contribution >= 0.6 is 0 Å². The molecule has 18 heavy (non-hydrogen) atoms. The number of aromatic nitrogens is 3. The lowest BCUT2D eigenvalue weighted by Crippen LogP contribution is -2.36. The Morgan fingerprint density at radius 2 is 2.06 bits per heavy atom. The lowest BCUT2D eigenvalue weighted by molar-refractivity contribution is 0.377. The number of piperidine rings is 1. The maximum absolute atomic E-state index is 4.22. The molecule has 1 fully saturated rings. The van der Waals surface area contributed by atoms with Gasteiger partial charge in [0.05, 0.1) is 17.6 Å². The zero-order chi connectivity index (χ0) is 12.4. The normalized spacial score (nSPS) is 24.1. The molecule has 2 atom stereocenters. The van der Waals surface area contributed by atoms with Gasteiger partial charge in [0.15, 0.2) is 0 Å². The van der Waals surface area contributed by atoms with Gasteiger partial charge in [-0.15, -0.1) is 5.10 Å². The van der Waals surface area contributed by atoms with E-state index in [1.54, 1.807) is 0 Å². The lowest BCUT2D eigenvalue weighted by Gasteiger charge is -2.27. The highest BCUT2D eigenvalue weighted by molar-refractivity contribution is 5.32. The highest BCUT2D eigenvalue weighted by Gasteiger charge is 2.22. The molecule has 0 radical (unpaired) electrons. The van der Waals surface area contributed by atoms with Gasteiger partial charge < -0.3 is 5.32 Å². The highest BCUT2D eigenvalue weighted by atomic mass is 15.4. The lowest BCUT2D eigenvalue weighted by atomic mass is 9.93. The Kier molecular flexibility index (Phi) is 3.11. The third-order valence-electron chi connectivity index (χ3n) is 3.66. The van der Waals surface area contributed by atoms with Crippen molar-refractivity contribution in [2.45, 2.75) is 31.7 Å². The van der Waals surface area contributed by atoms with Crippen molar-refractivity contribution in [3.63, 3.8) is 0 Å². The Morgan fingerprint density at radius 1 is 1.22 bits per heavy atom. The quantitative estimate of drug-likeness (QED) is 0.877. The summed E-state index contributed by atoms with van der Waals surface area (Å²) in [5, 5.41) is 11.8. The molecule has 1 N–H and O–H groups in total. The van der Waals surface area contributed by atoms with Gasteiger partial charge in [0.2, 0.25) is 0 Å². The van der Waals surface area contributed by atoms with Gasteiger partial charge in [-0.1, -0.05) is 23.4 Å². The van der Waals surface area contributed by atoms with Crippen molar-refractivity contribution in [1.29, 1.82) is 0 Å². The monoisotopic (exact) mass is 242 g/mol. The smallest absolute Gasteiger partial charge is 0.0733 e. The predicted molar refractivity (Wildman–Crippen MR) is 70.8 cm³/mol. The molecule has 1 saturated heterocycles. The van der Waals surface area contributed by atoms with E-state index in [1.165, 1.54) is 18.5 Å². The SMILES string of the molecule is CC1CCC(c2cnnn2-c2ccccc2)CN1. The molecule has 1 aliphatic rings. The molecule has 1 aromatic heterocycles. The average Bonchev–Trinajstić information content (AvgIpc) is 2.90. The van der Waals surface area contributed by atoms with E-state index in [-0.39, 0.29) is 0 Å². The van der Waals surface area contributed by atoms with Crippen LogP contribution in [-0.2, 0) is 0 Å². The molecule has 1 aliphatic heterocycles. The summed E-state index contributed by atoms with van der Waals surface area (Å²) in [7, 11) is 0. The van der Waals surface area contributed by atoms with E-state index < -0.39 is 0 Å². The van der Waals surface area contributed by atoms with Crippen LogP contribution in [0.3, 0.4) is 0 Å². The van der Waals surface area contributed by atoms with Gasteiger partial charge in [0.25, 0.3) is 0 Å². The summed E-state index contributed by atoms with van der Waals surface area (Å²) < 4.78 is 1.96. The van der Waals surface area contributed by atoms with E-state index in [9.17, 15) is 0 Å². The van der Waals surface area contributed by atoms with Crippen LogP contribution in [0.2, 0.25) is 0 Å². The second-order valence-electron chi connectivity index (χ2n) is 4.99. The van der Waals surface area contributed by atoms with E-state index in [2.05, 4.69) is 34.7 Å². The van der Waals surface area contributed by atoms with E-state index in [0.29, 0.717) is 12.0 Å². The van der Waals surface area contributed by atoms with Crippen molar-refractivity contribution in [3.05, 3.63) is 42.2 Å². The first kappa shape index (κ1) is 11.4. The first-order valence-corrected chi connectivity index (χ1v) is 6.54. The van der Waals surface area contributed by atoms with Crippen molar-refractivity contribution in [2.75, 3.05) is 6.54 Å². The van der Waals surface area contributed by atoms with Gasteiger partial charge in [0.1, 0.15) is 0 Å². The first-order valence-electron chi connectivity index (χ1n) is 6.54. The molecule has 94 valence electrons. The van der Waals surface area contributed by atoms with Gasteiger partial charge >= 0.3 is 0 Å². The van der Waals surface area contributed by atoms with E-state index >= 15 is 0 Å². The van der Waals surface area contributed by atoms with E-state index in [0.717, 1.165) is 12.2 Å². The number of rotatable bonds is 2. The molecule has 0 aliphatic carbocycles. The second kappa shape index (κ2) is 4.90. The molecular weight excluding hydrogens is 224 g/mol. The summed E-state index contributed by atoms with van der Waals surface area (Å²) in [6.45, 7) is 3.25. The van der Waals surface area contributed by atoms with Crippen molar-refractivity contribution in [3.8, 4) is 5.69 Å². The van der Waals surface area contributed by atoms with Crippen molar-refractivity contribution in [1.82, 2.24) is 20.3 Å². The van der Waals surface area contributed by atoms with Crippen LogP contribution in [0.1, 0.15) is 31.4 Å². The largest absolute Gasteiger partial charge is 0.314 e. The standard InChI is InChI=1S/C14H18N4/c1-11-7-8-12(9-15-11)14-10-16-17-18(14)13-5-3-2-4-6-13/h2-6,10-12,15H,7-9H2,1H3. The fourth-order valence-corrected chi connectivity index (χ4v) is 2.54. The summed E-state index contributed by atoms with van der Waals surface area (Å²) in [5.41, 5.74) is 2.30. The number of nitrogens with zero attached hydrogens (tertiary/aromatic N) is 3. The molecule has 0 amide bonds. The van der Waals surface area contributed by atoms with Gasteiger partial charge in [0, 0.05) is 18.5 Å². The minimum Gasteiger partial charge on any atom is -0.314 e. The zero-order valence-electron chi connectivity index (χ0n) is 10.6. The minimum absolute atomic E-state index is 0.511. The fourth-order valence-electron chi connectivity index (χ4n) is 2.54. The molecule has 2 unspecified atom stereocenters. The first-order chi connectivity index (χ1) is 8.84. The summed E-state index contributed by atoms with van der Waals surface area (Å²) >= 11 is 0. The Balaban J connectivity index is 1.88. The summed E-state index contributed by atoms with van der Waals surface area (Å²) in [6.07, 6.45) is 4.31. The van der Waals surface area contributed by atoms with E-state index in [1.807, 2.05) is 29.1 Å². The number of hydrogen-bond donors (Lipinski definition) is 1. The molecule has 4 heteroatoms. The van der Waals surface area contributed by atoms with Gasteiger partial charge in [-0.25, -0.2) is 4.68 Å². The van der Waals surface area contributed by atoms with Crippen LogP contribution < -0.4 is 5.32 Å². The fraction of sp³-hybridized carbons (Fsp3) is 0.429. The third-order valence-corrected chi connectivity index (χ3v) is 3.66. The maximum Gasteiger partial charge on any atom is 0.0733 e. The second-order valence-corrected chi connectivity index (χ2v) is 4.99. The topological polar surface area (TPSA) is 42.7 Å². The molecule has 1 aromatic carbocycles. The van der Waals surface area contributed by atoms with Crippen LogP contribution in [0.4, 0.5) is 0 Å². The average molecular weight is 242 g/mol. The van der Waals surface area contributed by atoms with Crippen LogP contribution in [0.15, 0.2) is 36.5 Å². The van der Waals surface area contributed by atoms with Crippen LogP contribution in [0.25, 0.3) is 5.69 Å². The van der Waals surface area contributed by atoms with Gasteiger partial charge in [-0.05, 0) is 31.9 Å². The Labute approximate surface area is 107 Å². The molecule has 2 aromatic rings. The minimum atomic E-state index is 0.511. The summed E-state index contributed by atoms with van der Waals surface area (Å²) in [6, 6.07) is 10.8.